The van der Waals surface area contributed by atoms with Gasteiger partial charge in [-0.3, -0.25) is 13.9 Å². The minimum Gasteiger partial charge on any atom is -0.492 e. The zero-order valence-electron chi connectivity index (χ0n) is 23.5. The summed E-state index contributed by atoms with van der Waals surface area (Å²) < 4.78 is 32.2. The maximum atomic E-state index is 13.6. The Morgan fingerprint density at radius 3 is 2.28 bits per heavy atom. The zero-order valence-corrected chi connectivity index (χ0v) is 25.8. The quantitative estimate of drug-likeness (QED) is 0.320. The van der Waals surface area contributed by atoms with Gasteiger partial charge in [0.15, 0.2) is 0 Å². The molecule has 216 valence electrons. The summed E-state index contributed by atoms with van der Waals surface area (Å²) in [5.74, 6) is -0.0896. The number of nitrogens with one attached hydrogen (secondary N) is 1. The van der Waals surface area contributed by atoms with Gasteiger partial charge in [-0.15, -0.1) is 0 Å². The van der Waals surface area contributed by atoms with Crippen LogP contribution in [0.25, 0.3) is 0 Å². The van der Waals surface area contributed by atoms with Crippen molar-refractivity contribution in [2.45, 2.75) is 72.0 Å². The molecule has 0 aliphatic rings. The Kier molecular flexibility index (Phi) is 11.9. The Balaban J connectivity index is 2.30. The molecule has 0 heterocycles. The van der Waals surface area contributed by atoms with E-state index in [2.05, 4.69) is 5.32 Å². The molecule has 0 aliphatic heterocycles. The molecule has 2 amide bonds. The van der Waals surface area contributed by atoms with Crippen molar-refractivity contribution in [1.29, 1.82) is 0 Å². The molecule has 1 atom stereocenters. The molecule has 0 aromatic heterocycles. The second kappa shape index (κ2) is 14.2. The number of para-hydroxylation sites is 2. The summed E-state index contributed by atoms with van der Waals surface area (Å²) in [5.41, 5.74) is 0.660. The van der Waals surface area contributed by atoms with E-state index in [1.807, 2.05) is 34.6 Å². The van der Waals surface area contributed by atoms with Gasteiger partial charge < -0.3 is 15.0 Å². The van der Waals surface area contributed by atoms with Gasteiger partial charge in [0, 0.05) is 25.0 Å². The normalized spacial score (nSPS) is 12.5. The fourth-order valence-electron chi connectivity index (χ4n) is 4.13. The van der Waals surface area contributed by atoms with Crippen molar-refractivity contribution in [2.24, 2.45) is 0 Å². The lowest BCUT2D eigenvalue weighted by Gasteiger charge is -2.33. The number of nitrogens with zero attached hydrogens (tertiary/aromatic N) is 2. The van der Waals surface area contributed by atoms with Crippen LogP contribution in [0.2, 0.25) is 10.0 Å². The first-order chi connectivity index (χ1) is 18.2. The Bertz CT molecular complexity index is 1250. The van der Waals surface area contributed by atoms with E-state index >= 15 is 0 Å². The standard InChI is InChI=1S/C28H39Cl2N3O5S/c1-7-23(27(35)31-28(3,4)5)32(19-20-15-16-21(29)22(30)18-20)26(34)14-11-17-33(39(6,36)37)24-12-9-10-13-25(24)38-8-2/h9-10,12-13,15-16,18,23H,7-8,11,14,17,19H2,1-6H3,(H,31,35)/t23-/m0/s1. The van der Waals surface area contributed by atoms with E-state index in [-0.39, 0.29) is 37.7 Å². The van der Waals surface area contributed by atoms with Gasteiger partial charge in [0.25, 0.3) is 0 Å². The summed E-state index contributed by atoms with van der Waals surface area (Å²) in [4.78, 5) is 28.3. The molecule has 2 rings (SSSR count). The van der Waals surface area contributed by atoms with Crippen molar-refractivity contribution in [2.75, 3.05) is 23.7 Å². The van der Waals surface area contributed by atoms with Crippen molar-refractivity contribution in [1.82, 2.24) is 10.2 Å². The van der Waals surface area contributed by atoms with Gasteiger partial charge in [-0.25, -0.2) is 8.42 Å². The predicted molar refractivity (Wildman–Crippen MR) is 158 cm³/mol. The lowest BCUT2D eigenvalue weighted by Crippen LogP contribution is -2.53. The van der Waals surface area contributed by atoms with Crippen LogP contribution in [-0.2, 0) is 26.2 Å². The first kappa shape index (κ1) is 32.7. The molecule has 0 bridgehead atoms. The first-order valence-electron chi connectivity index (χ1n) is 12.9. The van der Waals surface area contributed by atoms with Crippen LogP contribution in [0.15, 0.2) is 42.5 Å². The third-order valence-corrected chi connectivity index (χ3v) is 7.73. The second-order valence-corrected chi connectivity index (χ2v) is 13.0. The van der Waals surface area contributed by atoms with Crippen LogP contribution in [-0.4, -0.2) is 56.1 Å². The van der Waals surface area contributed by atoms with Crippen LogP contribution < -0.4 is 14.4 Å². The molecule has 39 heavy (non-hydrogen) atoms. The number of hydrogen-bond donors (Lipinski definition) is 1. The van der Waals surface area contributed by atoms with Crippen molar-refractivity contribution < 1.29 is 22.7 Å². The smallest absolute Gasteiger partial charge is 0.243 e. The molecule has 8 nitrogen and oxygen atoms in total. The molecule has 0 fully saturated rings. The van der Waals surface area contributed by atoms with Crippen molar-refractivity contribution in [3.05, 3.63) is 58.1 Å². The van der Waals surface area contributed by atoms with Crippen LogP contribution >= 0.6 is 23.2 Å². The SMILES string of the molecule is CCOc1ccccc1N(CCCC(=O)N(Cc1ccc(Cl)c(Cl)c1)[C@@H](CC)C(=O)NC(C)(C)C)S(C)(=O)=O. The van der Waals surface area contributed by atoms with Crippen molar-refractivity contribution >= 4 is 50.7 Å². The van der Waals surface area contributed by atoms with Gasteiger partial charge in [-0.1, -0.05) is 48.3 Å². The number of ether oxygens (including phenoxy) is 1. The van der Waals surface area contributed by atoms with E-state index in [1.54, 1.807) is 42.5 Å². The van der Waals surface area contributed by atoms with Crippen molar-refractivity contribution in [3.8, 4) is 5.75 Å². The highest BCUT2D eigenvalue weighted by Gasteiger charge is 2.31. The summed E-state index contributed by atoms with van der Waals surface area (Å²) in [6.07, 6.45) is 1.79. The number of anilines is 1. The van der Waals surface area contributed by atoms with E-state index in [1.165, 1.54) is 9.21 Å². The number of rotatable bonds is 13. The van der Waals surface area contributed by atoms with Gasteiger partial charge in [0.1, 0.15) is 11.8 Å². The van der Waals surface area contributed by atoms with Crippen LogP contribution in [0.5, 0.6) is 5.75 Å². The molecule has 0 saturated heterocycles. The molecule has 0 spiro atoms. The summed E-state index contributed by atoms with van der Waals surface area (Å²) in [6.45, 7) is 9.90. The zero-order chi connectivity index (χ0) is 29.4. The second-order valence-electron chi connectivity index (χ2n) is 10.3. The average Bonchev–Trinajstić information content (AvgIpc) is 2.82. The molecule has 2 aromatic carbocycles. The monoisotopic (exact) mass is 599 g/mol. The Hall–Kier alpha value is -2.49. The van der Waals surface area contributed by atoms with Gasteiger partial charge in [0.2, 0.25) is 21.8 Å². The lowest BCUT2D eigenvalue weighted by atomic mass is 10.0. The van der Waals surface area contributed by atoms with Gasteiger partial charge >= 0.3 is 0 Å². The fourth-order valence-corrected chi connectivity index (χ4v) is 5.42. The van der Waals surface area contributed by atoms with E-state index in [9.17, 15) is 18.0 Å². The van der Waals surface area contributed by atoms with Gasteiger partial charge in [0.05, 0.1) is 28.6 Å². The topological polar surface area (TPSA) is 96.0 Å². The molecular formula is C28H39Cl2N3O5S. The number of hydrogen-bond acceptors (Lipinski definition) is 5. The third-order valence-electron chi connectivity index (χ3n) is 5.81. The molecule has 0 aliphatic carbocycles. The highest BCUT2D eigenvalue weighted by atomic mass is 35.5. The van der Waals surface area contributed by atoms with Crippen LogP contribution in [0.3, 0.4) is 0 Å². The summed E-state index contributed by atoms with van der Waals surface area (Å²) >= 11 is 12.3. The lowest BCUT2D eigenvalue weighted by molar-refractivity contribution is -0.142. The van der Waals surface area contributed by atoms with E-state index in [0.29, 0.717) is 34.5 Å². The maximum absolute atomic E-state index is 13.6. The molecule has 0 radical (unpaired) electrons. The maximum Gasteiger partial charge on any atom is 0.243 e. The first-order valence-corrected chi connectivity index (χ1v) is 15.5. The predicted octanol–water partition coefficient (Wildman–Crippen LogP) is 5.66. The Morgan fingerprint density at radius 2 is 1.72 bits per heavy atom. The van der Waals surface area contributed by atoms with Crippen LogP contribution in [0.4, 0.5) is 5.69 Å². The van der Waals surface area contributed by atoms with E-state index in [0.717, 1.165) is 11.8 Å². The Morgan fingerprint density at radius 1 is 1.05 bits per heavy atom. The number of halogens is 2. The number of benzene rings is 2. The van der Waals surface area contributed by atoms with Crippen molar-refractivity contribution in [3.63, 3.8) is 0 Å². The average molecular weight is 601 g/mol. The minimum absolute atomic E-state index is 0.0312. The molecular weight excluding hydrogens is 561 g/mol. The molecule has 0 unspecified atom stereocenters. The third kappa shape index (κ3) is 9.89. The van der Waals surface area contributed by atoms with Gasteiger partial charge in [-0.05, 0) is 70.4 Å². The van der Waals surface area contributed by atoms with Gasteiger partial charge in [-0.2, -0.15) is 0 Å². The molecule has 1 N–H and O–H groups in total. The Labute approximate surface area is 242 Å². The molecule has 0 saturated carbocycles. The highest BCUT2D eigenvalue weighted by molar-refractivity contribution is 7.92. The summed E-state index contributed by atoms with van der Waals surface area (Å²) in [7, 11) is -3.65. The molecule has 2 aromatic rings. The van der Waals surface area contributed by atoms with E-state index in [4.69, 9.17) is 27.9 Å². The van der Waals surface area contributed by atoms with E-state index < -0.39 is 21.6 Å². The highest BCUT2D eigenvalue weighted by Crippen LogP contribution is 2.30. The van der Waals surface area contributed by atoms with Crippen LogP contribution in [0, 0.1) is 0 Å². The summed E-state index contributed by atoms with van der Waals surface area (Å²) in [6, 6.07) is 11.3. The van der Waals surface area contributed by atoms with Crippen LogP contribution in [0.1, 0.15) is 59.4 Å². The number of amides is 2. The number of carbonyl (C=O) groups excluding carboxylic acids is 2. The minimum atomic E-state index is -3.65. The largest absolute Gasteiger partial charge is 0.492 e. The fraction of sp³-hybridized carbons (Fsp3) is 0.500. The number of sulfonamides is 1. The summed E-state index contributed by atoms with van der Waals surface area (Å²) in [5, 5.41) is 3.71. The molecule has 11 heteroatoms. The number of carbonyl (C=O) groups is 2.